The number of pyridine rings is 1. The van der Waals surface area contributed by atoms with Crippen molar-refractivity contribution < 1.29 is 19.2 Å². The van der Waals surface area contributed by atoms with E-state index in [4.69, 9.17) is 4.74 Å². The monoisotopic (exact) mass is 443 g/mol. The number of hydrogen-bond donors (Lipinski definition) is 2. The average Bonchev–Trinajstić information content (AvgIpc) is 2.70. The molecule has 1 aromatic carbocycles. The molecular formula is C22H29N5O5. The number of amides is 2. The first-order valence-corrected chi connectivity index (χ1v) is 10.1. The van der Waals surface area contributed by atoms with E-state index in [0.29, 0.717) is 6.54 Å². The molecule has 0 radical (unpaired) electrons. The third-order valence-corrected chi connectivity index (χ3v) is 4.54. The molecule has 10 nitrogen and oxygen atoms in total. The number of benzene rings is 1. The Labute approximate surface area is 187 Å². The average molecular weight is 444 g/mol. The highest BCUT2D eigenvalue weighted by Crippen LogP contribution is 2.25. The van der Waals surface area contributed by atoms with Gasteiger partial charge in [-0.15, -0.1) is 0 Å². The third-order valence-electron chi connectivity index (χ3n) is 4.54. The van der Waals surface area contributed by atoms with E-state index < -0.39 is 28.6 Å². The van der Waals surface area contributed by atoms with Crippen LogP contribution in [0.25, 0.3) is 0 Å². The molecule has 0 bridgehead atoms. The van der Waals surface area contributed by atoms with Crippen LogP contribution in [0.3, 0.4) is 0 Å². The van der Waals surface area contributed by atoms with Crippen molar-refractivity contribution in [2.24, 2.45) is 0 Å². The van der Waals surface area contributed by atoms with Crippen LogP contribution in [-0.2, 0) is 16.1 Å². The smallest absolute Gasteiger partial charge is 0.410 e. The summed E-state index contributed by atoms with van der Waals surface area (Å²) < 4.78 is 5.27. The van der Waals surface area contributed by atoms with Crippen molar-refractivity contribution in [3.8, 4) is 0 Å². The second-order valence-electron chi connectivity index (χ2n) is 8.42. The number of nitrogens with zero attached hydrogens (tertiary/aromatic N) is 3. The quantitative estimate of drug-likeness (QED) is 0.487. The van der Waals surface area contributed by atoms with Crippen LogP contribution in [0, 0.1) is 17.0 Å². The normalized spacial score (nSPS) is 11.9. The number of aromatic nitrogens is 1. The first-order valence-electron chi connectivity index (χ1n) is 10.1. The predicted octanol–water partition coefficient (Wildman–Crippen LogP) is 4.10. The maximum absolute atomic E-state index is 12.6. The second kappa shape index (κ2) is 10.1. The molecule has 1 unspecified atom stereocenters. The van der Waals surface area contributed by atoms with Gasteiger partial charge in [-0.2, -0.15) is 0 Å². The summed E-state index contributed by atoms with van der Waals surface area (Å²) in [7, 11) is 1.45. The first-order chi connectivity index (χ1) is 14.9. The summed E-state index contributed by atoms with van der Waals surface area (Å²) in [5.41, 5.74) is 1.12. The Morgan fingerprint density at radius 1 is 1.19 bits per heavy atom. The minimum atomic E-state index is -0.856. The molecule has 1 atom stereocenters. The minimum absolute atomic E-state index is 0.0292. The van der Waals surface area contributed by atoms with Gasteiger partial charge in [-0.05, 0) is 46.2 Å². The number of nitro groups is 1. The molecule has 32 heavy (non-hydrogen) atoms. The van der Waals surface area contributed by atoms with Crippen molar-refractivity contribution in [3.63, 3.8) is 0 Å². The number of likely N-dealkylation sites (N-methyl/N-ethyl adjacent to an activating group) is 1. The Kier molecular flexibility index (Phi) is 7.74. The van der Waals surface area contributed by atoms with Crippen LogP contribution in [0.5, 0.6) is 0 Å². The lowest BCUT2D eigenvalue weighted by Gasteiger charge is -2.28. The van der Waals surface area contributed by atoms with Gasteiger partial charge in [-0.25, -0.2) is 9.78 Å². The zero-order valence-electron chi connectivity index (χ0n) is 19.1. The zero-order valence-corrected chi connectivity index (χ0v) is 19.1. The highest BCUT2D eigenvalue weighted by molar-refractivity contribution is 5.95. The number of aryl methyl sites for hydroxylation is 1. The van der Waals surface area contributed by atoms with E-state index in [1.54, 1.807) is 27.7 Å². The van der Waals surface area contributed by atoms with Gasteiger partial charge in [0.25, 0.3) is 0 Å². The Hall–Kier alpha value is -3.69. The van der Waals surface area contributed by atoms with Gasteiger partial charge in [0, 0.05) is 19.7 Å². The molecule has 0 spiro atoms. The standard InChI is InChI=1S/C22H29N5O5/c1-14-7-9-16(10-8-14)13-23-19-17(27(30)31)11-12-18(24-19)25-20(28)15(2)26(6)21(29)32-22(3,4)5/h7-12,15H,13H2,1-6H3,(H2,23,24,25,28). The summed E-state index contributed by atoms with van der Waals surface area (Å²) in [4.78, 5) is 41.0. The van der Waals surface area contributed by atoms with Crippen LogP contribution < -0.4 is 10.6 Å². The number of ether oxygens (including phenoxy) is 1. The molecule has 172 valence electrons. The Morgan fingerprint density at radius 3 is 2.38 bits per heavy atom. The van der Waals surface area contributed by atoms with Crippen LogP contribution in [0.1, 0.15) is 38.8 Å². The molecule has 0 saturated carbocycles. The topological polar surface area (TPSA) is 127 Å². The van der Waals surface area contributed by atoms with Gasteiger partial charge in [0.2, 0.25) is 11.7 Å². The Bertz CT molecular complexity index is 985. The number of nitrogens with one attached hydrogen (secondary N) is 2. The molecule has 0 aliphatic heterocycles. The number of anilines is 2. The molecule has 0 aliphatic carbocycles. The van der Waals surface area contributed by atoms with Crippen molar-refractivity contribution in [1.29, 1.82) is 0 Å². The minimum Gasteiger partial charge on any atom is -0.444 e. The molecule has 0 fully saturated rings. The van der Waals surface area contributed by atoms with E-state index in [-0.39, 0.29) is 17.3 Å². The van der Waals surface area contributed by atoms with Crippen molar-refractivity contribution in [2.45, 2.75) is 52.8 Å². The maximum atomic E-state index is 12.6. The van der Waals surface area contributed by atoms with E-state index in [0.717, 1.165) is 11.1 Å². The van der Waals surface area contributed by atoms with Crippen LogP contribution in [0.4, 0.5) is 22.1 Å². The van der Waals surface area contributed by atoms with Crippen molar-refractivity contribution in [2.75, 3.05) is 17.7 Å². The van der Waals surface area contributed by atoms with Gasteiger partial charge in [0.1, 0.15) is 17.5 Å². The molecule has 10 heteroatoms. The van der Waals surface area contributed by atoms with E-state index in [2.05, 4.69) is 15.6 Å². The van der Waals surface area contributed by atoms with Crippen molar-refractivity contribution in [1.82, 2.24) is 9.88 Å². The highest BCUT2D eigenvalue weighted by Gasteiger charge is 2.27. The van der Waals surface area contributed by atoms with Crippen LogP contribution in [0.2, 0.25) is 0 Å². The van der Waals surface area contributed by atoms with Gasteiger partial charge in [-0.3, -0.25) is 19.8 Å². The molecule has 2 amide bonds. The summed E-state index contributed by atoms with van der Waals surface area (Å²) in [6.07, 6.45) is -0.641. The summed E-state index contributed by atoms with van der Waals surface area (Å²) in [5.74, 6) is -0.359. The molecule has 2 rings (SSSR count). The summed E-state index contributed by atoms with van der Waals surface area (Å²) in [6, 6.07) is 9.46. The van der Waals surface area contributed by atoms with Gasteiger partial charge in [0.15, 0.2) is 0 Å². The number of carbonyl (C=O) groups is 2. The fourth-order valence-electron chi connectivity index (χ4n) is 2.59. The van der Waals surface area contributed by atoms with Gasteiger partial charge < -0.3 is 15.4 Å². The predicted molar refractivity (Wildman–Crippen MR) is 121 cm³/mol. The Balaban J connectivity index is 2.12. The van der Waals surface area contributed by atoms with E-state index in [1.165, 1.54) is 24.1 Å². The van der Waals surface area contributed by atoms with Gasteiger partial charge in [-0.1, -0.05) is 29.8 Å². The lowest BCUT2D eigenvalue weighted by Crippen LogP contribution is -2.45. The molecule has 0 aliphatic rings. The number of rotatable bonds is 7. The molecule has 1 aromatic heterocycles. The molecule has 2 aromatic rings. The summed E-state index contributed by atoms with van der Waals surface area (Å²) >= 11 is 0. The second-order valence-corrected chi connectivity index (χ2v) is 8.42. The molecule has 1 heterocycles. The van der Waals surface area contributed by atoms with Gasteiger partial charge in [0.05, 0.1) is 4.92 Å². The third kappa shape index (κ3) is 6.93. The van der Waals surface area contributed by atoms with Gasteiger partial charge >= 0.3 is 11.8 Å². The van der Waals surface area contributed by atoms with Crippen LogP contribution >= 0.6 is 0 Å². The first kappa shape index (κ1) is 24.6. The largest absolute Gasteiger partial charge is 0.444 e. The van der Waals surface area contributed by atoms with E-state index >= 15 is 0 Å². The summed E-state index contributed by atoms with van der Waals surface area (Å²) in [6.45, 7) is 9.03. The number of carbonyl (C=O) groups excluding carboxylic acids is 2. The molecule has 2 N–H and O–H groups in total. The van der Waals surface area contributed by atoms with Crippen molar-refractivity contribution in [3.05, 3.63) is 57.6 Å². The molecule has 0 saturated heterocycles. The fraction of sp³-hybridized carbons (Fsp3) is 0.409. The lowest BCUT2D eigenvalue weighted by atomic mass is 10.1. The summed E-state index contributed by atoms with van der Waals surface area (Å²) in [5, 5.41) is 16.9. The van der Waals surface area contributed by atoms with Crippen molar-refractivity contribution >= 4 is 29.3 Å². The number of hydrogen-bond acceptors (Lipinski definition) is 7. The Morgan fingerprint density at radius 2 is 1.81 bits per heavy atom. The highest BCUT2D eigenvalue weighted by atomic mass is 16.6. The van der Waals surface area contributed by atoms with E-state index in [1.807, 2.05) is 31.2 Å². The van der Waals surface area contributed by atoms with Crippen LogP contribution in [-0.4, -0.2) is 45.5 Å². The lowest BCUT2D eigenvalue weighted by molar-refractivity contribution is -0.384. The fourth-order valence-corrected chi connectivity index (χ4v) is 2.59. The molecular weight excluding hydrogens is 414 g/mol. The maximum Gasteiger partial charge on any atom is 0.410 e. The van der Waals surface area contributed by atoms with E-state index in [9.17, 15) is 19.7 Å². The SMILES string of the molecule is Cc1ccc(CNc2nc(NC(=O)C(C)N(C)C(=O)OC(C)(C)C)ccc2[N+](=O)[O-])cc1. The zero-order chi connectivity index (χ0) is 24.1. The van der Waals surface area contributed by atoms with Crippen LogP contribution in [0.15, 0.2) is 36.4 Å².